The van der Waals surface area contributed by atoms with Gasteiger partial charge in [-0.3, -0.25) is 9.69 Å². The van der Waals surface area contributed by atoms with Gasteiger partial charge in [0.05, 0.1) is 42.0 Å². The third-order valence-corrected chi connectivity index (χ3v) is 13.2. The fraction of sp³-hybridized carbons (Fsp3) is 0.765. The molecule has 13 heteroatoms. The number of rotatable bonds is 9. The highest BCUT2D eigenvalue weighted by Crippen LogP contribution is 2.81. The van der Waals surface area contributed by atoms with E-state index in [4.69, 9.17) is 28.4 Å². The van der Waals surface area contributed by atoms with Crippen LogP contribution in [0.3, 0.4) is 0 Å². The molecule has 1 spiro atoms. The number of benzene rings is 1. The Morgan fingerprint density at radius 3 is 2.26 bits per heavy atom. The van der Waals surface area contributed by atoms with E-state index in [1.54, 1.807) is 37.4 Å². The van der Waals surface area contributed by atoms with Crippen LogP contribution in [0.2, 0.25) is 0 Å². The van der Waals surface area contributed by atoms with Crippen molar-refractivity contribution in [2.75, 3.05) is 48.1 Å². The lowest BCUT2D eigenvalue weighted by Gasteiger charge is -2.72. The summed E-state index contributed by atoms with van der Waals surface area (Å²) in [5.41, 5.74) is -8.15. The van der Waals surface area contributed by atoms with Crippen molar-refractivity contribution in [2.45, 2.75) is 86.2 Å². The molecule has 6 aliphatic rings. The number of hydrogen-bond acceptors (Lipinski definition) is 13. The molecular formula is C34H47NO12. The fourth-order valence-electron chi connectivity index (χ4n) is 12.3. The molecule has 1 aromatic carbocycles. The van der Waals surface area contributed by atoms with Gasteiger partial charge in [0.15, 0.2) is 5.60 Å². The summed E-state index contributed by atoms with van der Waals surface area (Å²) in [6.07, 6.45) is -7.38. The van der Waals surface area contributed by atoms with Crippen molar-refractivity contribution in [3.05, 3.63) is 35.9 Å². The molecule has 5 saturated carbocycles. The monoisotopic (exact) mass is 661 g/mol. The molecule has 0 radical (unpaired) electrons. The Balaban J connectivity index is 1.57. The molecule has 0 aromatic heterocycles. The first kappa shape index (κ1) is 33.3. The van der Waals surface area contributed by atoms with Crippen LogP contribution in [0, 0.1) is 28.6 Å². The molecule has 0 amide bonds. The van der Waals surface area contributed by atoms with Crippen molar-refractivity contribution in [3.8, 4) is 0 Å². The lowest BCUT2D eigenvalue weighted by atomic mass is 9.40. The highest BCUT2D eigenvalue weighted by molar-refractivity contribution is 5.89. The van der Waals surface area contributed by atoms with Crippen molar-refractivity contribution in [1.82, 2.24) is 4.90 Å². The summed E-state index contributed by atoms with van der Waals surface area (Å²) in [4.78, 5) is 29.2. The van der Waals surface area contributed by atoms with E-state index in [1.165, 1.54) is 28.3 Å². The molecule has 4 N–H and O–H groups in total. The van der Waals surface area contributed by atoms with Crippen LogP contribution in [0.5, 0.6) is 0 Å². The van der Waals surface area contributed by atoms with Crippen molar-refractivity contribution in [3.63, 3.8) is 0 Å². The molecule has 13 nitrogen and oxygen atoms in total. The molecule has 15 atom stereocenters. The number of aliphatic hydroxyl groups is 4. The van der Waals surface area contributed by atoms with Gasteiger partial charge in [0, 0.05) is 83.5 Å². The standard InChI is InChI=1S/C34H47NO12/c1-7-35-15-30(16-42-3)19(37)13-20(43-4)33-23(30)22(44-5)21(25(33)35)34(47-17(2)36)24-27(46-29(39)18-11-9-8-10-12-18)31(40,14-32(24,33)41)28(45-6)26(34)38/h8-12,19-28,37-38,40-41H,7,13-16H2,1-6H3/t19-,20+,21+,22+,23-,24+,25?,26+,27-,28+,30+,31-,32+,33-,34+/m1/s1. The summed E-state index contributed by atoms with van der Waals surface area (Å²) in [5.74, 6) is -4.34. The molecule has 1 heterocycles. The van der Waals surface area contributed by atoms with Crippen LogP contribution in [0.1, 0.15) is 37.0 Å². The highest BCUT2D eigenvalue weighted by atomic mass is 16.6. The molecule has 7 bridgehead atoms. The van der Waals surface area contributed by atoms with Crippen molar-refractivity contribution < 1.29 is 58.4 Å². The Morgan fingerprint density at radius 2 is 1.68 bits per heavy atom. The number of methoxy groups -OCH3 is 4. The summed E-state index contributed by atoms with van der Waals surface area (Å²) < 4.78 is 36.9. The van der Waals surface area contributed by atoms with Gasteiger partial charge in [0.2, 0.25) is 0 Å². The maximum atomic E-state index is 13.8. The maximum Gasteiger partial charge on any atom is 0.338 e. The van der Waals surface area contributed by atoms with Gasteiger partial charge >= 0.3 is 11.9 Å². The van der Waals surface area contributed by atoms with E-state index in [2.05, 4.69) is 4.90 Å². The zero-order valence-electron chi connectivity index (χ0n) is 27.7. The van der Waals surface area contributed by atoms with Gasteiger partial charge in [-0.1, -0.05) is 25.1 Å². The number of aliphatic hydroxyl groups excluding tert-OH is 2. The zero-order chi connectivity index (χ0) is 33.9. The minimum absolute atomic E-state index is 0.119. The summed E-state index contributed by atoms with van der Waals surface area (Å²) in [6, 6.07) is 7.64. The molecule has 260 valence electrons. The minimum Gasteiger partial charge on any atom is -0.455 e. The van der Waals surface area contributed by atoms with E-state index < -0.39 is 106 Å². The maximum absolute atomic E-state index is 13.8. The number of carbonyl (C=O) groups excluding carboxylic acids is 2. The van der Waals surface area contributed by atoms with Crippen LogP contribution in [0.15, 0.2) is 30.3 Å². The highest BCUT2D eigenvalue weighted by Gasteiger charge is 2.96. The van der Waals surface area contributed by atoms with Crippen molar-refractivity contribution >= 4 is 11.9 Å². The molecule has 1 saturated heterocycles. The molecular weight excluding hydrogens is 614 g/mol. The third kappa shape index (κ3) is 3.65. The molecule has 1 aliphatic heterocycles. The molecule has 1 unspecified atom stereocenters. The second kappa shape index (κ2) is 10.9. The Bertz CT molecular complexity index is 1410. The summed E-state index contributed by atoms with van der Waals surface area (Å²) >= 11 is 0. The van der Waals surface area contributed by atoms with Crippen molar-refractivity contribution in [1.29, 1.82) is 0 Å². The largest absolute Gasteiger partial charge is 0.455 e. The van der Waals surface area contributed by atoms with Gasteiger partial charge in [0.1, 0.15) is 23.9 Å². The van der Waals surface area contributed by atoms with E-state index in [0.29, 0.717) is 13.1 Å². The number of carbonyl (C=O) groups is 2. The molecule has 5 aliphatic carbocycles. The van der Waals surface area contributed by atoms with Gasteiger partial charge in [-0.15, -0.1) is 0 Å². The Morgan fingerprint density at radius 1 is 0.979 bits per heavy atom. The van der Waals surface area contributed by atoms with Crippen LogP contribution in [0.25, 0.3) is 0 Å². The Kier molecular flexibility index (Phi) is 7.72. The summed E-state index contributed by atoms with van der Waals surface area (Å²) in [6.45, 7) is 4.15. The molecule has 1 aromatic rings. The van der Waals surface area contributed by atoms with Gasteiger partial charge in [-0.25, -0.2) is 4.79 Å². The molecule has 47 heavy (non-hydrogen) atoms. The van der Waals surface area contributed by atoms with Crippen LogP contribution < -0.4 is 0 Å². The number of hydrogen-bond donors (Lipinski definition) is 4. The molecule has 6 fully saturated rings. The summed E-state index contributed by atoms with van der Waals surface area (Å²) in [7, 11) is 5.94. The normalized spacial score (nSPS) is 50.7. The number of ether oxygens (including phenoxy) is 6. The smallest absolute Gasteiger partial charge is 0.338 e. The Labute approximate surface area is 274 Å². The van der Waals surface area contributed by atoms with Gasteiger partial charge < -0.3 is 48.8 Å². The molecule has 7 rings (SSSR count). The van der Waals surface area contributed by atoms with E-state index in [0.717, 1.165) is 0 Å². The summed E-state index contributed by atoms with van der Waals surface area (Å²) in [5, 5.41) is 51.1. The van der Waals surface area contributed by atoms with E-state index >= 15 is 0 Å². The average molecular weight is 662 g/mol. The number of piperidine rings is 1. The Hall–Kier alpha value is -2.20. The lowest BCUT2D eigenvalue weighted by Crippen LogP contribution is -2.85. The van der Waals surface area contributed by atoms with Gasteiger partial charge in [-0.05, 0) is 18.7 Å². The van der Waals surface area contributed by atoms with E-state index in [9.17, 15) is 30.0 Å². The number of esters is 2. The average Bonchev–Trinajstić information content (AvgIpc) is 3.39. The van der Waals surface area contributed by atoms with Gasteiger partial charge in [0.25, 0.3) is 0 Å². The first-order valence-electron chi connectivity index (χ1n) is 16.4. The number of fused-ring (bicyclic) bond motifs is 2. The predicted molar refractivity (Wildman–Crippen MR) is 162 cm³/mol. The first-order valence-corrected chi connectivity index (χ1v) is 16.4. The van der Waals surface area contributed by atoms with E-state index in [1.807, 2.05) is 6.92 Å². The van der Waals surface area contributed by atoms with E-state index in [-0.39, 0.29) is 18.6 Å². The van der Waals surface area contributed by atoms with Crippen LogP contribution in [0.4, 0.5) is 0 Å². The first-order chi connectivity index (χ1) is 22.3. The topological polar surface area (TPSA) is 174 Å². The lowest BCUT2D eigenvalue weighted by molar-refractivity contribution is -0.355. The van der Waals surface area contributed by atoms with Crippen LogP contribution in [-0.2, 0) is 33.2 Å². The third-order valence-electron chi connectivity index (χ3n) is 13.2. The SMILES string of the molecule is CCN1C[C@]2(COC)[C@H](O)C[C@H](OC)[C@]34C1[C@H]([C@H](OC)[C@H]23)[C@]1(OC(C)=O)[C@H]2[C@@H](OC(=O)c3ccccc3)[C@](O)(C[C@]24O)[C@@H](OC)[C@@H]1O. The predicted octanol–water partition coefficient (Wildman–Crippen LogP) is -0.237. The van der Waals surface area contributed by atoms with Crippen LogP contribution >= 0.6 is 0 Å². The second-order valence-corrected chi connectivity index (χ2v) is 14.6. The second-order valence-electron chi connectivity index (χ2n) is 14.6. The minimum atomic E-state index is -2.12. The van der Waals surface area contributed by atoms with Crippen LogP contribution in [-0.4, -0.2) is 145 Å². The zero-order valence-corrected chi connectivity index (χ0v) is 27.7. The quantitative estimate of drug-likeness (QED) is 0.256. The van der Waals surface area contributed by atoms with Gasteiger partial charge in [-0.2, -0.15) is 0 Å². The van der Waals surface area contributed by atoms with Crippen molar-refractivity contribution in [2.24, 2.45) is 28.6 Å². The number of nitrogens with zero attached hydrogens (tertiary/aromatic N) is 1. The number of likely N-dealkylation sites (tertiary alicyclic amines) is 1. The fourth-order valence-corrected chi connectivity index (χ4v) is 12.3.